The molecule has 0 aliphatic carbocycles. The maximum absolute atomic E-state index is 12.0. The number of nitrogens with zero attached hydrogens (tertiary/aromatic N) is 8. The summed E-state index contributed by atoms with van der Waals surface area (Å²) >= 11 is 0. The first kappa shape index (κ1) is 20.9. The first-order chi connectivity index (χ1) is 17.1. The third-order valence-corrected chi connectivity index (χ3v) is 6.99. The topological polar surface area (TPSA) is 95.4 Å². The highest BCUT2D eigenvalue weighted by Gasteiger charge is 2.41. The molecule has 9 nitrogen and oxygen atoms in total. The molecule has 0 radical (unpaired) electrons. The van der Waals surface area contributed by atoms with Crippen molar-refractivity contribution in [1.82, 2.24) is 29.3 Å². The number of aryl methyl sites for hydroxylation is 1. The van der Waals surface area contributed by atoms with Crippen LogP contribution in [-0.4, -0.2) is 60.4 Å². The molecule has 2 bridgehead atoms. The van der Waals surface area contributed by atoms with Gasteiger partial charge in [-0.05, 0) is 37.0 Å². The quantitative estimate of drug-likeness (QED) is 0.434. The summed E-state index contributed by atoms with van der Waals surface area (Å²) in [6.45, 7) is 1.25. The van der Waals surface area contributed by atoms with Crippen LogP contribution in [0.4, 0.5) is 5.82 Å². The number of amides is 1. The fourth-order valence-electron chi connectivity index (χ4n) is 5.38. The van der Waals surface area contributed by atoms with Crippen LogP contribution in [0, 0.1) is 23.7 Å². The van der Waals surface area contributed by atoms with Gasteiger partial charge in [0.05, 0.1) is 23.5 Å². The number of carbonyl (C=O) groups excluding carboxylic acids is 1. The zero-order valence-corrected chi connectivity index (χ0v) is 19.2. The van der Waals surface area contributed by atoms with E-state index in [0.29, 0.717) is 18.7 Å². The van der Waals surface area contributed by atoms with Gasteiger partial charge in [0.15, 0.2) is 0 Å². The second-order valence-corrected chi connectivity index (χ2v) is 9.06. The smallest absolute Gasteiger partial charge is 0.298 e. The molecule has 2 fully saturated rings. The molecule has 6 rings (SSSR count). The second kappa shape index (κ2) is 8.00. The van der Waals surface area contributed by atoms with Gasteiger partial charge in [-0.3, -0.25) is 9.48 Å². The van der Waals surface area contributed by atoms with Crippen molar-refractivity contribution in [2.24, 2.45) is 7.05 Å². The summed E-state index contributed by atoms with van der Waals surface area (Å²) in [4.78, 5) is 20.9. The molecule has 1 amide bonds. The molecule has 2 atom stereocenters. The summed E-state index contributed by atoms with van der Waals surface area (Å²) in [7, 11) is 1.88. The fourth-order valence-corrected chi connectivity index (χ4v) is 5.38. The molecular weight excluding hydrogens is 440 g/mol. The SMILES string of the molecule is C#CC(=O)N1CC2CCC(C1)N2c1ccc(-c2cc(-c3cnn(C)c3)cn3ncc(C#N)c23)cn1. The second-order valence-electron chi connectivity index (χ2n) is 9.06. The van der Waals surface area contributed by atoms with Crippen LogP contribution in [0.2, 0.25) is 0 Å². The normalized spacial score (nSPS) is 19.1. The van der Waals surface area contributed by atoms with Crippen molar-refractivity contribution in [2.45, 2.75) is 24.9 Å². The van der Waals surface area contributed by atoms with Crippen LogP contribution in [0.25, 0.3) is 27.8 Å². The lowest BCUT2D eigenvalue weighted by atomic mass is 10.0. The molecule has 0 saturated carbocycles. The Bertz CT molecular complexity index is 1520. The van der Waals surface area contributed by atoms with Crippen LogP contribution >= 0.6 is 0 Å². The standard InChI is InChI=1S/C26H22N8O/c1-3-25(35)32-15-21-5-6-22(16-32)34(21)24-7-4-17(10-28-24)23-8-18(20-12-29-31(2)13-20)14-33-26(23)19(9-27)11-30-33/h1,4,7-8,10-14,21-22H,5-6,15-16H2,2H3. The number of anilines is 1. The molecule has 9 heteroatoms. The molecule has 35 heavy (non-hydrogen) atoms. The maximum Gasteiger partial charge on any atom is 0.298 e. The molecule has 4 aromatic rings. The van der Waals surface area contributed by atoms with Crippen LogP contribution in [0.3, 0.4) is 0 Å². The third kappa shape index (κ3) is 3.41. The molecule has 172 valence electrons. The Balaban J connectivity index is 1.37. The number of fused-ring (bicyclic) bond motifs is 3. The summed E-state index contributed by atoms with van der Waals surface area (Å²) in [5.74, 6) is 2.89. The molecule has 2 aliphatic heterocycles. The minimum atomic E-state index is -0.239. The van der Waals surface area contributed by atoms with E-state index in [1.807, 2.05) is 37.8 Å². The Morgan fingerprint density at radius 2 is 1.86 bits per heavy atom. The number of rotatable bonds is 3. The van der Waals surface area contributed by atoms with Crippen LogP contribution in [0.5, 0.6) is 0 Å². The minimum Gasteiger partial charge on any atom is -0.347 e. The Morgan fingerprint density at radius 1 is 1.06 bits per heavy atom. The Labute approximate surface area is 202 Å². The van der Waals surface area contributed by atoms with Crippen molar-refractivity contribution in [1.29, 1.82) is 5.26 Å². The van der Waals surface area contributed by atoms with Gasteiger partial charge >= 0.3 is 0 Å². The number of hydrogen-bond acceptors (Lipinski definition) is 6. The van der Waals surface area contributed by atoms with Gasteiger partial charge in [0.2, 0.25) is 0 Å². The average Bonchev–Trinajstić information content (AvgIpc) is 3.58. The number of likely N-dealkylation sites (tertiary alicyclic amines) is 1. The lowest BCUT2D eigenvalue weighted by Crippen LogP contribution is -2.55. The summed E-state index contributed by atoms with van der Waals surface area (Å²) in [6.07, 6.45) is 16.5. The van der Waals surface area contributed by atoms with Crippen molar-refractivity contribution in [3.63, 3.8) is 0 Å². The third-order valence-electron chi connectivity index (χ3n) is 6.99. The van der Waals surface area contributed by atoms with Crippen molar-refractivity contribution in [3.05, 3.63) is 54.7 Å². The van der Waals surface area contributed by atoms with E-state index in [9.17, 15) is 10.1 Å². The van der Waals surface area contributed by atoms with Gasteiger partial charge in [0.1, 0.15) is 11.9 Å². The van der Waals surface area contributed by atoms with Crippen molar-refractivity contribution < 1.29 is 4.79 Å². The Kier molecular flexibility index (Phi) is 4.78. The van der Waals surface area contributed by atoms with Gasteiger partial charge in [0.25, 0.3) is 5.91 Å². The lowest BCUT2D eigenvalue weighted by molar-refractivity contribution is -0.126. The number of terminal acetylenes is 1. The van der Waals surface area contributed by atoms with E-state index < -0.39 is 0 Å². The minimum absolute atomic E-state index is 0.213. The van der Waals surface area contributed by atoms with Crippen molar-refractivity contribution >= 4 is 17.2 Å². The number of piperazine rings is 1. The highest BCUT2D eigenvalue weighted by atomic mass is 16.2. The summed E-state index contributed by atoms with van der Waals surface area (Å²) in [5, 5.41) is 18.4. The van der Waals surface area contributed by atoms with Gasteiger partial charge in [-0.15, -0.1) is 6.42 Å². The molecule has 0 N–H and O–H groups in total. The van der Waals surface area contributed by atoms with E-state index in [1.54, 1.807) is 26.5 Å². The van der Waals surface area contributed by atoms with Gasteiger partial charge in [-0.25, -0.2) is 9.50 Å². The zero-order chi connectivity index (χ0) is 24.1. The molecule has 2 unspecified atom stereocenters. The number of hydrogen-bond donors (Lipinski definition) is 0. The van der Waals surface area contributed by atoms with Gasteiger partial charge in [-0.2, -0.15) is 15.5 Å². The molecule has 0 aromatic carbocycles. The summed E-state index contributed by atoms with van der Waals surface area (Å²) in [6, 6.07) is 8.79. The van der Waals surface area contributed by atoms with Crippen LogP contribution in [-0.2, 0) is 11.8 Å². The summed E-state index contributed by atoms with van der Waals surface area (Å²) < 4.78 is 3.50. The highest BCUT2D eigenvalue weighted by Crippen LogP contribution is 2.36. The molecule has 0 spiro atoms. The Hall–Kier alpha value is -4.63. The van der Waals surface area contributed by atoms with Gasteiger partial charge < -0.3 is 9.80 Å². The first-order valence-corrected chi connectivity index (χ1v) is 11.5. The van der Waals surface area contributed by atoms with E-state index in [-0.39, 0.29) is 18.0 Å². The van der Waals surface area contributed by atoms with Crippen LogP contribution in [0.15, 0.2) is 49.2 Å². The number of carbonyl (C=O) groups is 1. The average molecular weight is 463 g/mol. The summed E-state index contributed by atoms with van der Waals surface area (Å²) in [5.41, 5.74) is 4.95. The number of aromatic nitrogens is 5. The predicted molar refractivity (Wildman–Crippen MR) is 130 cm³/mol. The molecule has 2 saturated heterocycles. The molecule has 6 heterocycles. The van der Waals surface area contributed by atoms with E-state index >= 15 is 0 Å². The van der Waals surface area contributed by atoms with Crippen molar-refractivity contribution in [3.8, 4) is 40.7 Å². The largest absolute Gasteiger partial charge is 0.347 e. The fraction of sp³-hybridized carbons (Fsp3) is 0.269. The highest BCUT2D eigenvalue weighted by molar-refractivity contribution is 5.93. The van der Waals surface area contributed by atoms with Crippen LogP contribution < -0.4 is 4.90 Å². The van der Waals surface area contributed by atoms with E-state index in [2.05, 4.69) is 33.2 Å². The predicted octanol–water partition coefficient (Wildman–Crippen LogP) is 2.48. The molecular formula is C26H22N8O. The van der Waals surface area contributed by atoms with Crippen LogP contribution in [0.1, 0.15) is 18.4 Å². The van der Waals surface area contributed by atoms with E-state index in [1.165, 1.54) is 0 Å². The number of pyridine rings is 2. The maximum atomic E-state index is 12.0. The first-order valence-electron chi connectivity index (χ1n) is 11.5. The van der Waals surface area contributed by atoms with E-state index in [0.717, 1.165) is 46.4 Å². The zero-order valence-electron chi connectivity index (χ0n) is 19.2. The molecule has 2 aliphatic rings. The van der Waals surface area contributed by atoms with Gasteiger partial charge in [0, 0.05) is 73.1 Å². The van der Waals surface area contributed by atoms with Crippen molar-refractivity contribution in [2.75, 3.05) is 18.0 Å². The Morgan fingerprint density at radius 3 is 2.49 bits per heavy atom. The van der Waals surface area contributed by atoms with Gasteiger partial charge in [-0.1, -0.05) is 0 Å². The number of nitriles is 1. The monoisotopic (exact) mass is 462 g/mol. The van der Waals surface area contributed by atoms with E-state index in [4.69, 9.17) is 11.4 Å². The lowest BCUT2D eigenvalue weighted by Gasteiger charge is -2.41. The molecule has 4 aromatic heterocycles.